The van der Waals surface area contributed by atoms with Gasteiger partial charge in [0.25, 0.3) is 0 Å². The van der Waals surface area contributed by atoms with E-state index < -0.39 is 6.10 Å². The van der Waals surface area contributed by atoms with Gasteiger partial charge in [-0.1, -0.05) is 22.0 Å². The monoisotopic (exact) mass is 284 g/mol. The van der Waals surface area contributed by atoms with Crippen LogP contribution in [0.5, 0.6) is 0 Å². The molecule has 0 amide bonds. The third-order valence-corrected chi connectivity index (χ3v) is 3.04. The van der Waals surface area contributed by atoms with E-state index in [4.69, 9.17) is 4.42 Å². The van der Waals surface area contributed by atoms with Gasteiger partial charge in [0.15, 0.2) is 0 Å². The van der Waals surface area contributed by atoms with E-state index in [2.05, 4.69) is 15.9 Å². The zero-order valence-electron chi connectivity index (χ0n) is 8.36. The Kier molecular flexibility index (Phi) is 3.41. The number of furan rings is 1. The Balaban J connectivity index is 2.15. The lowest BCUT2D eigenvalue weighted by Crippen LogP contribution is -2.01. The molecule has 1 N–H and O–H groups in total. The lowest BCUT2D eigenvalue weighted by atomic mass is 10.1. The summed E-state index contributed by atoms with van der Waals surface area (Å²) in [5, 5.41) is 9.85. The zero-order valence-corrected chi connectivity index (χ0v) is 9.95. The van der Waals surface area contributed by atoms with E-state index in [1.807, 2.05) is 0 Å². The molecule has 2 nitrogen and oxygen atoms in total. The Morgan fingerprint density at radius 2 is 2.19 bits per heavy atom. The SMILES string of the molecule is OC(Cc1ccc(F)cc1Br)c1ccco1. The second kappa shape index (κ2) is 4.80. The van der Waals surface area contributed by atoms with Crippen molar-refractivity contribution in [3.63, 3.8) is 0 Å². The highest BCUT2D eigenvalue weighted by Crippen LogP contribution is 2.24. The fourth-order valence-corrected chi connectivity index (χ4v) is 1.99. The van der Waals surface area contributed by atoms with Crippen LogP contribution in [0.3, 0.4) is 0 Å². The molecule has 0 radical (unpaired) electrons. The smallest absolute Gasteiger partial charge is 0.132 e. The van der Waals surface area contributed by atoms with Crippen LogP contribution in [0.1, 0.15) is 17.4 Å². The van der Waals surface area contributed by atoms with Crippen molar-refractivity contribution in [3.8, 4) is 0 Å². The summed E-state index contributed by atoms with van der Waals surface area (Å²) in [6, 6.07) is 7.82. The van der Waals surface area contributed by atoms with Crippen molar-refractivity contribution in [2.24, 2.45) is 0 Å². The first-order valence-electron chi connectivity index (χ1n) is 4.82. The predicted molar refractivity (Wildman–Crippen MR) is 61.5 cm³/mol. The Morgan fingerprint density at radius 1 is 1.38 bits per heavy atom. The molecule has 2 aromatic rings. The standard InChI is InChI=1S/C12H10BrFO2/c13-10-7-9(14)4-3-8(10)6-11(15)12-2-1-5-16-12/h1-5,7,11,15H,6H2. The first-order valence-corrected chi connectivity index (χ1v) is 5.61. The van der Waals surface area contributed by atoms with Gasteiger partial charge in [0.1, 0.15) is 17.7 Å². The molecular formula is C12H10BrFO2. The van der Waals surface area contributed by atoms with Crippen molar-refractivity contribution in [1.29, 1.82) is 0 Å². The number of rotatable bonds is 3. The molecule has 1 atom stereocenters. The summed E-state index contributed by atoms with van der Waals surface area (Å²) >= 11 is 3.26. The summed E-state index contributed by atoms with van der Waals surface area (Å²) in [5.74, 6) is 0.208. The summed E-state index contributed by atoms with van der Waals surface area (Å²) in [6.45, 7) is 0. The molecular weight excluding hydrogens is 275 g/mol. The average molecular weight is 285 g/mol. The molecule has 0 bridgehead atoms. The van der Waals surface area contributed by atoms with E-state index in [1.165, 1.54) is 18.4 Å². The van der Waals surface area contributed by atoms with Crippen LogP contribution in [-0.4, -0.2) is 5.11 Å². The number of aliphatic hydroxyl groups is 1. The van der Waals surface area contributed by atoms with Crippen molar-refractivity contribution >= 4 is 15.9 Å². The van der Waals surface area contributed by atoms with Crippen LogP contribution in [0.25, 0.3) is 0 Å². The van der Waals surface area contributed by atoms with Gasteiger partial charge in [-0.15, -0.1) is 0 Å². The molecule has 2 rings (SSSR count). The largest absolute Gasteiger partial charge is 0.467 e. The van der Waals surface area contributed by atoms with Crippen molar-refractivity contribution in [2.45, 2.75) is 12.5 Å². The zero-order chi connectivity index (χ0) is 11.5. The molecule has 1 unspecified atom stereocenters. The molecule has 0 aliphatic rings. The van der Waals surface area contributed by atoms with E-state index in [0.717, 1.165) is 5.56 Å². The molecule has 0 aliphatic carbocycles. The van der Waals surface area contributed by atoms with Gasteiger partial charge >= 0.3 is 0 Å². The van der Waals surface area contributed by atoms with Crippen molar-refractivity contribution in [3.05, 3.63) is 58.2 Å². The summed E-state index contributed by atoms with van der Waals surface area (Å²) in [6.07, 6.45) is 1.18. The number of aliphatic hydroxyl groups excluding tert-OH is 1. The lowest BCUT2D eigenvalue weighted by molar-refractivity contribution is 0.150. The third-order valence-electron chi connectivity index (χ3n) is 2.30. The quantitative estimate of drug-likeness (QED) is 0.937. The lowest BCUT2D eigenvalue weighted by Gasteiger charge is -2.09. The van der Waals surface area contributed by atoms with Crippen molar-refractivity contribution in [1.82, 2.24) is 0 Å². The van der Waals surface area contributed by atoms with E-state index in [0.29, 0.717) is 16.7 Å². The van der Waals surface area contributed by atoms with E-state index in [9.17, 15) is 9.50 Å². The molecule has 16 heavy (non-hydrogen) atoms. The number of hydrogen-bond donors (Lipinski definition) is 1. The highest BCUT2D eigenvalue weighted by Gasteiger charge is 2.13. The minimum atomic E-state index is -0.711. The topological polar surface area (TPSA) is 33.4 Å². The van der Waals surface area contributed by atoms with Gasteiger partial charge in [-0.3, -0.25) is 0 Å². The van der Waals surface area contributed by atoms with Crippen LogP contribution in [0, 0.1) is 5.82 Å². The fraction of sp³-hybridized carbons (Fsp3) is 0.167. The van der Waals surface area contributed by atoms with Gasteiger partial charge in [0.2, 0.25) is 0 Å². The number of halogens is 2. The predicted octanol–water partition coefficient (Wildman–Crippen LogP) is 3.46. The summed E-state index contributed by atoms with van der Waals surface area (Å²) in [5.41, 5.74) is 0.838. The Hall–Kier alpha value is -1.13. The Morgan fingerprint density at radius 3 is 2.81 bits per heavy atom. The normalized spacial score (nSPS) is 12.7. The van der Waals surface area contributed by atoms with Crippen LogP contribution in [-0.2, 0) is 6.42 Å². The molecule has 1 aromatic carbocycles. The number of hydrogen-bond acceptors (Lipinski definition) is 2. The number of benzene rings is 1. The van der Waals surface area contributed by atoms with E-state index in [-0.39, 0.29) is 5.82 Å². The van der Waals surface area contributed by atoms with Gasteiger partial charge in [0.05, 0.1) is 6.26 Å². The molecule has 0 saturated heterocycles. The second-order valence-electron chi connectivity index (χ2n) is 3.47. The molecule has 1 aromatic heterocycles. The molecule has 0 saturated carbocycles. The van der Waals surface area contributed by atoms with Crippen LogP contribution in [0.2, 0.25) is 0 Å². The van der Waals surface area contributed by atoms with Crippen molar-refractivity contribution < 1.29 is 13.9 Å². The maximum Gasteiger partial charge on any atom is 0.132 e. The van der Waals surface area contributed by atoms with Gasteiger partial charge in [0, 0.05) is 10.9 Å². The highest BCUT2D eigenvalue weighted by molar-refractivity contribution is 9.10. The van der Waals surface area contributed by atoms with Gasteiger partial charge in [-0.2, -0.15) is 0 Å². The first-order chi connectivity index (χ1) is 7.66. The van der Waals surface area contributed by atoms with Crippen molar-refractivity contribution in [2.75, 3.05) is 0 Å². The minimum Gasteiger partial charge on any atom is -0.467 e. The molecule has 4 heteroatoms. The molecule has 0 fully saturated rings. The summed E-state index contributed by atoms with van der Waals surface area (Å²) in [7, 11) is 0. The van der Waals surface area contributed by atoms with E-state index >= 15 is 0 Å². The van der Waals surface area contributed by atoms with Gasteiger partial charge < -0.3 is 9.52 Å². The summed E-state index contributed by atoms with van der Waals surface area (Å²) in [4.78, 5) is 0. The maximum atomic E-state index is 12.8. The Labute approximate surface area is 101 Å². The molecule has 1 heterocycles. The average Bonchev–Trinajstić information content (AvgIpc) is 2.75. The summed E-state index contributed by atoms with van der Waals surface area (Å²) < 4.78 is 18.6. The molecule has 0 spiro atoms. The highest BCUT2D eigenvalue weighted by atomic mass is 79.9. The second-order valence-corrected chi connectivity index (χ2v) is 4.33. The van der Waals surface area contributed by atoms with Crippen LogP contribution < -0.4 is 0 Å². The van der Waals surface area contributed by atoms with E-state index in [1.54, 1.807) is 18.2 Å². The maximum absolute atomic E-state index is 12.8. The fourth-order valence-electron chi connectivity index (χ4n) is 1.48. The van der Waals surface area contributed by atoms with Crippen LogP contribution in [0.15, 0.2) is 45.5 Å². The van der Waals surface area contributed by atoms with Crippen LogP contribution in [0.4, 0.5) is 4.39 Å². The van der Waals surface area contributed by atoms with Crippen LogP contribution >= 0.6 is 15.9 Å². The van der Waals surface area contributed by atoms with Gasteiger partial charge in [-0.25, -0.2) is 4.39 Å². The minimum absolute atomic E-state index is 0.303. The third kappa shape index (κ3) is 2.51. The molecule has 0 aliphatic heterocycles. The first kappa shape index (κ1) is 11.4. The van der Waals surface area contributed by atoms with Gasteiger partial charge in [-0.05, 0) is 29.8 Å². The molecule has 84 valence electrons. The Bertz CT molecular complexity index is 468.